The summed E-state index contributed by atoms with van der Waals surface area (Å²) in [6, 6.07) is 8.11. The van der Waals surface area contributed by atoms with Crippen LogP contribution in [0.2, 0.25) is 0 Å². The monoisotopic (exact) mass is 408 g/mol. The molecule has 4 heterocycles. The number of furan rings is 1. The number of carbonyl (C=O) groups excluding carboxylic acids is 2. The number of Topliss-reactive ketones (excluding diaryl/α,β-unsaturated/α-hetero) is 1. The summed E-state index contributed by atoms with van der Waals surface area (Å²) in [4.78, 5) is 33.8. The highest BCUT2D eigenvalue weighted by Crippen LogP contribution is 2.40. The van der Waals surface area contributed by atoms with Gasteiger partial charge in [-0.2, -0.15) is 0 Å². The minimum Gasteiger partial charge on any atom is -0.505 e. The lowest BCUT2D eigenvalue weighted by Crippen LogP contribution is -2.32. The summed E-state index contributed by atoms with van der Waals surface area (Å²) >= 11 is 0. The predicted octanol–water partition coefficient (Wildman–Crippen LogP) is 2.61. The maximum atomic E-state index is 13.0. The molecule has 0 radical (unpaired) electrons. The van der Waals surface area contributed by atoms with Gasteiger partial charge in [0, 0.05) is 12.7 Å². The average molecular weight is 408 g/mol. The van der Waals surface area contributed by atoms with Crippen molar-refractivity contribution in [3.05, 3.63) is 65.5 Å². The number of aliphatic hydroxyl groups excluding tert-OH is 1. The second kappa shape index (κ2) is 7.79. The van der Waals surface area contributed by atoms with Crippen molar-refractivity contribution >= 4 is 23.1 Å². The standard InChI is InChI=1S/C22H24N4O4/c1-14-18(25-11-5-4-9-16(25)23-14)20(27)17-19(15-8-6-13-30-15)26(22(29)21(17)28)12-7-10-24(2)3/h4-6,8-9,11,13,19,27H,7,10,12H2,1-3H3/b20-17-. The van der Waals surface area contributed by atoms with Crippen LogP contribution in [-0.4, -0.2) is 63.2 Å². The Morgan fingerprint density at radius 3 is 2.73 bits per heavy atom. The molecule has 1 N–H and O–H groups in total. The molecular weight excluding hydrogens is 384 g/mol. The minimum absolute atomic E-state index is 0.0218. The van der Waals surface area contributed by atoms with Crippen molar-refractivity contribution in [1.82, 2.24) is 19.2 Å². The summed E-state index contributed by atoms with van der Waals surface area (Å²) in [5.41, 5.74) is 1.63. The van der Waals surface area contributed by atoms with Crippen LogP contribution in [0.25, 0.3) is 11.4 Å². The van der Waals surface area contributed by atoms with Crippen molar-refractivity contribution in [3.8, 4) is 0 Å². The third-order valence-corrected chi connectivity index (χ3v) is 5.29. The largest absolute Gasteiger partial charge is 0.505 e. The van der Waals surface area contributed by atoms with E-state index in [0.29, 0.717) is 35.8 Å². The summed E-state index contributed by atoms with van der Waals surface area (Å²) in [7, 11) is 3.90. The van der Waals surface area contributed by atoms with Crippen molar-refractivity contribution < 1.29 is 19.1 Å². The molecule has 1 aliphatic rings. The maximum absolute atomic E-state index is 13.0. The first-order valence-corrected chi connectivity index (χ1v) is 9.80. The Kier molecular flexibility index (Phi) is 5.17. The lowest BCUT2D eigenvalue weighted by molar-refractivity contribution is -0.140. The molecule has 1 saturated heterocycles. The summed E-state index contributed by atoms with van der Waals surface area (Å²) in [5, 5.41) is 11.2. The smallest absolute Gasteiger partial charge is 0.295 e. The molecule has 3 aromatic heterocycles. The lowest BCUT2D eigenvalue weighted by atomic mass is 10.0. The van der Waals surface area contributed by atoms with E-state index in [2.05, 4.69) is 4.98 Å². The zero-order chi connectivity index (χ0) is 21.4. The summed E-state index contributed by atoms with van der Waals surface area (Å²) < 4.78 is 7.27. The van der Waals surface area contributed by atoms with Crippen LogP contribution in [0.3, 0.4) is 0 Å². The van der Waals surface area contributed by atoms with E-state index in [0.717, 1.165) is 6.54 Å². The normalized spacial score (nSPS) is 18.8. The highest BCUT2D eigenvalue weighted by molar-refractivity contribution is 6.46. The molecule has 1 atom stereocenters. The summed E-state index contributed by atoms with van der Waals surface area (Å²) in [5.74, 6) is -1.17. The van der Waals surface area contributed by atoms with Crippen molar-refractivity contribution in [2.75, 3.05) is 27.2 Å². The zero-order valence-corrected chi connectivity index (χ0v) is 17.2. The molecule has 1 fully saturated rings. The molecule has 30 heavy (non-hydrogen) atoms. The van der Waals surface area contributed by atoms with Gasteiger partial charge in [0.2, 0.25) is 0 Å². The van der Waals surface area contributed by atoms with Crippen LogP contribution in [0.4, 0.5) is 0 Å². The number of aromatic nitrogens is 2. The van der Waals surface area contributed by atoms with E-state index in [1.807, 2.05) is 37.2 Å². The number of ketones is 1. The molecule has 0 saturated carbocycles. The number of amides is 1. The zero-order valence-electron chi connectivity index (χ0n) is 17.2. The van der Waals surface area contributed by atoms with Gasteiger partial charge in [-0.3, -0.25) is 14.0 Å². The van der Waals surface area contributed by atoms with Gasteiger partial charge < -0.3 is 19.3 Å². The number of aliphatic hydroxyl groups is 1. The van der Waals surface area contributed by atoms with Crippen LogP contribution in [0.15, 0.2) is 52.8 Å². The average Bonchev–Trinajstić information content (AvgIpc) is 3.40. The van der Waals surface area contributed by atoms with E-state index in [4.69, 9.17) is 4.42 Å². The lowest BCUT2D eigenvalue weighted by Gasteiger charge is -2.24. The summed E-state index contributed by atoms with van der Waals surface area (Å²) in [6.45, 7) is 2.90. The Labute approximate surface area is 174 Å². The van der Waals surface area contributed by atoms with Gasteiger partial charge in [0.15, 0.2) is 5.76 Å². The van der Waals surface area contributed by atoms with Gasteiger partial charge in [0.05, 0.1) is 17.5 Å². The van der Waals surface area contributed by atoms with Crippen LogP contribution >= 0.6 is 0 Å². The van der Waals surface area contributed by atoms with Crippen LogP contribution < -0.4 is 0 Å². The molecule has 8 heteroatoms. The number of fused-ring (bicyclic) bond motifs is 1. The van der Waals surface area contributed by atoms with E-state index in [1.165, 1.54) is 11.2 Å². The molecule has 0 aliphatic carbocycles. The Morgan fingerprint density at radius 2 is 2.03 bits per heavy atom. The molecule has 8 nitrogen and oxygen atoms in total. The number of nitrogens with zero attached hydrogens (tertiary/aromatic N) is 4. The van der Waals surface area contributed by atoms with Gasteiger partial charge in [-0.25, -0.2) is 4.98 Å². The van der Waals surface area contributed by atoms with Gasteiger partial charge >= 0.3 is 0 Å². The van der Waals surface area contributed by atoms with Crippen LogP contribution in [-0.2, 0) is 9.59 Å². The third-order valence-electron chi connectivity index (χ3n) is 5.29. The van der Waals surface area contributed by atoms with Crippen molar-refractivity contribution in [2.24, 2.45) is 0 Å². The SMILES string of the molecule is Cc1nc2ccccn2c1/C(O)=C1/C(=O)C(=O)N(CCCN(C)C)C1c1ccco1. The van der Waals surface area contributed by atoms with Crippen LogP contribution in [0.1, 0.15) is 29.6 Å². The molecule has 0 aromatic carbocycles. The van der Waals surface area contributed by atoms with Gasteiger partial charge in [-0.05, 0) is 58.3 Å². The first-order chi connectivity index (χ1) is 14.4. The fourth-order valence-electron chi connectivity index (χ4n) is 3.94. The molecule has 4 rings (SSSR count). The molecule has 3 aromatic rings. The van der Waals surface area contributed by atoms with Gasteiger partial charge in [0.25, 0.3) is 11.7 Å². The first-order valence-electron chi connectivity index (χ1n) is 9.80. The molecular formula is C22H24N4O4. The van der Waals surface area contributed by atoms with Crippen molar-refractivity contribution in [3.63, 3.8) is 0 Å². The molecule has 1 unspecified atom stereocenters. The van der Waals surface area contributed by atoms with E-state index >= 15 is 0 Å². The van der Waals surface area contributed by atoms with Gasteiger partial charge in [-0.15, -0.1) is 0 Å². The summed E-state index contributed by atoms with van der Waals surface area (Å²) in [6.07, 6.45) is 3.94. The Morgan fingerprint density at radius 1 is 1.23 bits per heavy atom. The fraction of sp³-hybridized carbons (Fsp3) is 0.318. The second-order valence-electron chi connectivity index (χ2n) is 7.64. The number of hydrogen-bond acceptors (Lipinski definition) is 6. The number of likely N-dealkylation sites (tertiary alicyclic amines) is 1. The van der Waals surface area contributed by atoms with E-state index in [-0.39, 0.29) is 11.3 Å². The van der Waals surface area contributed by atoms with E-state index < -0.39 is 17.7 Å². The van der Waals surface area contributed by atoms with Crippen molar-refractivity contribution in [1.29, 1.82) is 0 Å². The van der Waals surface area contributed by atoms with E-state index in [9.17, 15) is 14.7 Å². The highest BCUT2D eigenvalue weighted by Gasteiger charge is 2.47. The molecule has 156 valence electrons. The number of hydrogen-bond donors (Lipinski definition) is 1. The topological polar surface area (TPSA) is 91.3 Å². The maximum Gasteiger partial charge on any atom is 0.295 e. The van der Waals surface area contributed by atoms with Crippen molar-refractivity contribution in [2.45, 2.75) is 19.4 Å². The van der Waals surface area contributed by atoms with Gasteiger partial charge in [-0.1, -0.05) is 6.07 Å². The quantitative estimate of drug-likeness (QED) is 0.383. The number of rotatable bonds is 6. The van der Waals surface area contributed by atoms with Gasteiger partial charge in [0.1, 0.15) is 23.1 Å². The third kappa shape index (κ3) is 3.29. The number of carbonyl (C=O) groups is 2. The predicted molar refractivity (Wildman–Crippen MR) is 111 cm³/mol. The molecule has 1 amide bonds. The minimum atomic E-state index is -0.782. The first kappa shape index (κ1) is 19.9. The number of aryl methyl sites for hydroxylation is 1. The fourth-order valence-corrected chi connectivity index (χ4v) is 3.94. The number of imidazole rings is 1. The van der Waals surface area contributed by atoms with Crippen LogP contribution in [0.5, 0.6) is 0 Å². The Bertz CT molecular complexity index is 1130. The van der Waals surface area contributed by atoms with Crippen LogP contribution in [0, 0.1) is 6.92 Å². The second-order valence-corrected chi connectivity index (χ2v) is 7.64. The molecule has 1 aliphatic heterocycles. The molecule has 0 spiro atoms. The van der Waals surface area contributed by atoms with E-state index in [1.54, 1.807) is 29.7 Å². The number of pyridine rings is 1. The Hall–Kier alpha value is -3.39. The Balaban J connectivity index is 1.85. The highest BCUT2D eigenvalue weighted by atomic mass is 16.3. The molecule has 0 bridgehead atoms.